The Morgan fingerprint density at radius 1 is 1.69 bits per heavy atom. The zero-order valence-corrected chi connectivity index (χ0v) is 9.64. The van der Waals surface area contributed by atoms with Crippen LogP contribution in [-0.2, 0) is 4.79 Å². The van der Waals surface area contributed by atoms with Crippen molar-refractivity contribution in [2.75, 3.05) is 12.3 Å². The van der Waals surface area contributed by atoms with Crippen LogP contribution in [0.4, 0.5) is 5.69 Å². The molecule has 4 nitrogen and oxygen atoms in total. The fourth-order valence-electron chi connectivity index (χ4n) is 1.03. The average Bonchev–Trinajstić information content (AvgIpc) is 2.21. The molecule has 84 valence electrons. The molecule has 3 N–H and O–H groups in total. The molecule has 0 aliphatic rings. The van der Waals surface area contributed by atoms with E-state index in [4.69, 9.17) is 17.3 Å². The van der Waals surface area contributed by atoms with Crippen LogP contribution in [0.2, 0.25) is 5.15 Å². The number of nitrogens with two attached hydrogens (primary N) is 1. The molecule has 0 unspecified atom stereocenters. The first-order chi connectivity index (χ1) is 7.61. The standard InChI is InChI=1S/C11H12ClN3O/c1-8(16)14-6-3-2-4-9-10(13)5-7-15-11(9)12/h5,7H,3,6H2,1H3,(H2,13,15)(H,14,16). The van der Waals surface area contributed by atoms with Crippen molar-refractivity contribution in [3.05, 3.63) is 23.0 Å². The highest BCUT2D eigenvalue weighted by molar-refractivity contribution is 6.30. The molecule has 16 heavy (non-hydrogen) atoms. The highest BCUT2D eigenvalue weighted by Crippen LogP contribution is 2.17. The number of nitrogen functional groups attached to an aromatic ring is 1. The Labute approximate surface area is 99.2 Å². The lowest BCUT2D eigenvalue weighted by Gasteiger charge is -1.98. The second kappa shape index (κ2) is 5.99. The van der Waals surface area contributed by atoms with Crippen LogP contribution in [0.1, 0.15) is 18.9 Å². The molecule has 0 aliphatic carbocycles. The van der Waals surface area contributed by atoms with Crippen molar-refractivity contribution >= 4 is 23.2 Å². The minimum Gasteiger partial charge on any atom is -0.398 e. The summed E-state index contributed by atoms with van der Waals surface area (Å²) >= 11 is 5.83. The van der Waals surface area contributed by atoms with Crippen molar-refractivity contribution in [1.29, 1.82) is 0 Å². The van der Waals surface area contributed by atoms with Crippen LogP contribution in [-0.4, -0.2) is 17.4 Å². The Hall–Kier alpha value is -1.73. The lowest BCUT2D eigenvalue weighted by molar-refractivity contribution is -0.118. The maximum Gasteiger partial charge on any atom is 0.216 e. The Morgan fingerprint density at radius 3 is 3.06 bits per heavy atom. The second-order valence-corrected chi connectivity index (χ2v) is 3.46. The number of halogens is 1. The number of amides is 1. The van der Waals surface area contributed by atoms with Crippen LogP contribution in [0.25, 0.3) is 0 Å². The largest absolute Gasteiger partial charge is 0.398 e. The summed E-state index contributed by atoms with van der Waals surface area (Å²) in [5.41, 5.74) is 6.73. The first kappa shape index (κ1) is 12.3. The smallest absolute Gasteiger partial charge is 0.216 e. The highest BCUT2D eigenvalue weighted by Gasteiger charge is 2.01. The molecule has 1 aromatic heterocycles. The average molecular weight is 238 g/mol. The summed E-state index contributed by atoms with van der Waals surface area (Å²) < 4.78 is 0. The third-order valence-electron chi connectivity index (χ3n) is 1.77. The van der Waals surface area contributed by atoms with E-state index in [9.17, 15) is 4.79 Å². The van der Waals surface area contributed by atoms with Crippen molar-refractivity contribution < 1.29 is 4.79 Å². The van der Waals surface area contributed by atoms with Gasteiger partial charge in [-0.25, -0.2) is 4.98 Å². The first-order valence-corrected chi connectivity index (χ1v) is 5.12. The summed E-state index contributed by atoms with van der Waals surface area (Å²) in [7, 11) is 0. The summed E-state index contributed by atoms with van der Waals surface area (Å²) in [5.74, 6) is 5.63. The number of aromatic nitrogens is 1. The van der Waals surface area contributed by atoms with Gasteiger partial charge in [0.25, 0.3) is 0 Å². The Balaban J connectivity index is 2.60. The maximum absolute atomic E-state index is 10.6. The Bertz CT molecular complexity index is 428. The molecular formula is C11H12ClN3O. The minimum atomic E-state index is -0.0688. The van der Waals surface area contributed by atoms with Gasteiger partial charge >= 0.3 is 0 Å². The fraction of sp³-hybridized carbons (Fsp3) is 0.273. The van der Waals surface area contributed by atoms with E-state index < -0.39 is 0 Å². The van der Waals surface area contributed by atoms with Crippen molar-refractivity contribution in [3.63, 3.8) is 0 Å². The van der Waals surface area contributed by atoms with E-state index in [1.54, 1.807) is 6.07 Å². The van der Waals surface area contributed by atoms with Gasteiger partial charge in [-0.15, -0.1) is 0 Å². The molecule has 1 aromatic rings. The second-order valence-electron chi connectivity index (χ2n) is 3.10. The molecule has 0 saturated heterocycles. The molecule has 0 saturated carbocycles. The summed E-state index contributed by atoms with van der Waals surface area (Å²) in [6, 6.07) is 1.64. The SMILES string of the molecule is CC(=O)NCCC#Cc1c(N)ccnc1Cl. The van der Waals surface area contributed by atoms with Gasteiger partial charge in [-0.1, -0.05) is 23.4 Å². The molecule has 0 aromatic carbocycles. The predicted molar refractivity (Wildman–Crippen MR) is 63.8 cm³/mol. The van der Waals surface area contributed by atoms with E-state index in [1.165, 1.54) is 13.1 Å². The van der Waals surface area contributed by atoms with E-state index in [-0.39, 0.29) is 5.91 Å². The van der Waals surface area contributed by atoms with Gasteiger partial charge in [0.15, 0.2) is 0 Å². The third-order valence-corrected chi connectivity index (χ3v) is 2.06. The Morgan fingerprint density at radius 2 is 2.44 bits per heavy atom. The first-order valence-electron chi connectivity index (χ1n) is 4.74. The number of hydrogen-bond donors (Lipinski definition) is 2. The molecule has 5 heteroatoms. The topological polar surface area (TPSA) is 68.0 Å². The zero-order valence-electron chi connectivity index (χ0n) is 8.88. The van der Waals surface area contributed by atoms with Gasteiger partial charge in [0, 0.05) is 26.1 Å². The number of carbonyl (C=O) groups is 1. The van der Waals surface area contributed by atoms with Crippen molar-refractivity contribution in [2.24, 2.45) is 0 Å². The van der Waals surface area contributed by atoms with Gasteiger partial charge in [0.1, 0.15) is 5.15 Å². The molecule has 0 radical (unpaired) electrons. The van der Waals surface area contributed by atoms with Gasteiger partial charge in [-0.3, -0.25) is 4.79 Å². The zero-order chi connectivity index (χ0) is 12.0. The molecule has 0 bridgehead atoms. The molecule has 0 atom stereocenters. The van der Waals surface area contributed by atoms with Crippen molar-refractivity contribution in [1.82, 2.24) is 10.3 Å². The van der Waals surface area contributed by atoms with Crippen LogP contribution < -0.4 is 11.1 Å². The summed E-state index contributed by atoms with van der Waals surface area (Å²) in [4.78, 5) is 14.5. The molecule has 1 heterocycles. The van der Waals surface area contributed by atoms with Crippen LogP contribution in [0.5, 0.6) is 0 Å². The molecule has 0 fully saturated rings. The van der Waals surface area contributed by atoms with Crippen molar-refractivity contribution in [3.8, 4) is 11.8 Å². The van der Waals surface area contributed by atoms with E-state index in [2.05, 4.69) is 22.1 Å². The van der Waals surface area contributed by atoms with Gasteiger partial charge in [0.2, 0.25) is 5.91 Å². The normalized spacial score (nSPS) is 9.12. The molecule has 1 amide bonds. The van der Waals surface area contributed by atoms with E-state index in [0.29, 0.717) is 29.4 Å². The monoisotopic (exact) mass is 237 g/mol. The van der Waals surface area contributed by atoms with Gasteiger partial charge < -0.3 is 11.1 Å². The molecule has 0 aliphatic heterocycles. The summed E-state index contributed by atoms with van der Waals surface area (Å²) in [6.07, 6.45) is 2.07. The number of pyridine rings is 1. The fourth-order valence-corrected chi connectivity index (χ4v) is 1.24. The number of nitrogens with zero attached hydrogens (tertiary/aromatic N) is 1. The third kappa shape index (κ3) is 3.79. The van der Waals surface area contributed by atoms with Gasteiger partial charge in [0.05, 0.1) is 11.3 Å². The van der Waals surface area contributed by atoms with Crippen LogP contribution >= 0.6 is 11.6 Å². The van der Waals surface area contributed by atoms with Gasteiger partial charge in [-0.05, 0) is 6.07 Å². The summed E-state index contributed by atoms with van der Waals surface area (Å²) in [5, 5.41) is 2.94. The van der Waals surface area contributed by atoms with E-state index >= 15 is 0 Å². The lowest BCUT2D eigenvalue weighted by atomic mass is 10.2. The molecule has 1 rings (SSSR count). The van der Waals surface area contributed by atoms with Crippen LogP contribution in [0.15, 0.2) is 12.3 Å². The van der Waals surface area contributed by atoms with E-state index in [0.717, 1.165) is 0 Å². The highest BCUT2D eigenvalue weighted by atomic mass is 35.5. The number of hydrogen-bond acceptors (Lipinski definition) is 3. The Kier molecular flexibility index (Phi) is 4.62. The van der Waals surface area contributed by atoms with E-state index in [1.807, 2.05) is 0 Å². The van der Waals surface area contributed by atoms with Crippen LogP contribution in [0.3, 0.4) is 0 Å². The number of anilines is 1. The quantitative estimate of drug-likeness (QED) is 0.461. The number of rotatable bonds is 2. The molecular weight excluding hydrogens is 226 g/mol. The minimum absolute atomic E-state index is 0.0688. The lowest BCUT2D eigenvalue weighted by Crippen LogP contribution is -2.20. The maximum atomic E-state index is 10.6. The van der Waals surface area contributed by atoms with Crippen LogP contribution in [0, 0.1) is 11.8 Å². The molecule has 0 spiro atoms. The number of carbonyl (C=O) groups excluding carboxylic acids is 1. The van der Waals surface area contributed by atoms with Crippen molar-refractivity contribution in [2.45, 2.75) is 13.3 Å². The number of nitrogens with one attached hydrogen (secondary N) is 1. The summed E-state index contributed by atoms with van der Waals surface area (Å²) in [6.45, 7) is 1.98. The van der Waals surface area contributed by atoms with Gasteiger partial charge in [-0.2, -0.15) is 0 Å². The predicted octanol–water partition coefficient (Wildman–Crippen LogP) is 1.19.